The maximum atomic E-state index is 12.1. The van der Waals surface area contributed by atoms with Gasteiger partial charge in [-0.05, 0) is 19.8 Å². The number of urea groups is 1. The summed E-state index contributed by atoms with van der Waals surface area (Å²) >= 11 is 0. The van der Waals surface area contributed by atoms with Crippen LogP contribution in [0.15, 0.2) is 0 Å². The molecular weight excluding hydrogens is 284 g/mol. The van der Waals surface area contributed by atoms with Crippen molar-refractivity contribution in [2.75, 3.05) is 38.7 Å². The number of amides is 2. The van der Waals surface area contributed by atoms with Crippen molar-refractivity contribution in [2.45, 2.75) is 19.8 Å². The smallest absolute Gasteiger partial charge is 0.319 e. The zero-order valence-electron chi connectivity index (χ0n) is 12.1. The second kappa shape index (κ2) is 5.99. The Balaban J connectivity index is 2.52. The van der Waals surface area contributed by atoms with Crippen molar-refractivity contribution < 1.29 is 23.1 Å². The lowest BCUT2D eigenvalue weighted by Gasteiger charge is -2.38. The van der Waals surface area contributed by atoms with Crippen LogP contribution in [0.2, 0.25) is 0 Å². The number of aliphatic carboxylic acids is 1. The number of hydrogen-bond acceptors (Lipinski definition) is 4. The fourth-order valence-corrected chi connectivity index (χ4v) is 2.65. The molecule has 0 bridgehead atoms. The number of carbonyl (C=O) groups is 2. The molecule has 0 aromatic carbocycles. The summed E-state index contributed by atoms with van der Waals surface area (Å²) in [5.41, 5.74) is -0.776. The van der Waals surface area contributed by atoms with Crippen LogP contribution in [0.5, 0.6) is 0 Å². The summed E-state index contributed by atoms with van der Waals surface area (Å²) in [6.07, 6.45) is 1.95. The summed E-state index contributed by atoms with van der Waals surface area (Å²) in [5, 5.41) is 9.12. The molecule has 0 spiro atoms. The van der Waals surface area contributed by atoms with Crippen LogP contribution in [0.1, 0.15) is 19.8 Å². The van der Waals surface area contributed by atoms with Crippen LogP contribution in [0, 0.1) is 5.41 Å². The molecule has 7 nitrogen and oxygen atoms in total. The van der Waals surface area contributed by atoms with Crippen molar-refractivity contribution in [2.24, 2.45) is 5.41 Å². The molecule has 0 aliphatic carbocycles. The first-order valence-corrected chi connectivity index (χ1v) is 8.52. The molecule has 1 saturated heterocycles. The maximum Gasteiger partial charge on any atom is 0.319 e. The normalized spacial score (nSPS) is 18.6. The number of nitrogens with zero attached hydrogens (tertiary/aromatic N) is 2. The van der Waals surface area contributed by atoms with Crippen LogP contribution in [-0.2, 0) is 14.6 Å². The molecule has 1 N–H and O–H groups in total. The maximum absolute atomic E-state index is 12.1. The molecule has 1 rings (SSSR count). The van der Waals surface area contributed by atoms with E-state index in [1.165, 1.54) is 4.90 Å². The summed E-state index contributed by atoms with van der Waals surface area (Å²) in [4.78, 5) is 26.2. The van der Waals surface area contributed by atoms with Crippen LogP contribution >= 0.6 is 0 Å². The van der Waals surface area contributed by atoms with Gasteiger partial charge in [0.15, 0.2) is 0 Å². The van der Waals surface area contributed by atoms with Crippen LogP contribution in [0.3, 0.4) is 0 Å². The highest BCUT2D eigenvalue weighted by Crippen LogP contribution is 2.31. The SMILES string of the molecule is CN(CCS(C)(=O)=O)C(=O)N1CCC(C)(C(=O)O)CC1. The lowest BCUT2D eigenvalue weighted by Crippen LogP contribution is -2.49. The van der Waals surface area contributed by atoms with Crippen LogP contribution in [0.4, 0.5) is 4.79 Å². The Morgan fingerprint density at radius 3 is 2.20 bits per heavy atom. The molecule has 1 heterocycles. The number of hydrogen-bond donors (Lipinski definition) is 1. The minimum absolute atomic E-state index is 0.0735. The molecule has 0 aromatic heterocycles. The van der Waals surface area contributed by atoms with E-state index >= 15 is 0 Å². The molecule has 116 valence electrons. The molecule has 8 heteroatoms. The Morgan fingerprint density at radius 2 is 1.80 bits per heavy atom. The van der Waals surface area contributed by atoms with E-state index in [2.05, 4.69) is 0 Å². The number of rotatable bonds is 4. The molecule has 1 fully saturated rings. The zero-order chi connectivity index (χ0) is 15.6. The zero-order valence-corrected chi connectivity index (χ0v) is 12.9. The van der Waals surface area contributed by atoms with Crippen molar-refractivity contribution >= 4 is 21.8 Å². The second-order valence-corrected chi connectivity index (χ2v) is 7.95. The fourth-order valence-electron chi connectivity index (χ4n) is 2.05. The van der Waals surface area contributed by atoms with Gasteiger partial charge in [0.1, 0.15) is 9.84 Å². The van der Waals surface area contributed by atoms with Crippen molar-refractivity contribution in [1.29, 1.82) is 0 Å². The lowest BCUT2D eigenvalue weighted by atomic mass is 9.80. The lowest BCUT2D eigenvalue weighted by molar-refractivity contribution is -0.150. The summed E-state index contributed by atoms with van der Waals surface area (Å²) < 4.78 is 22.2. The quantitative estimate of drug-likeness (QED) is 0.804. The highest BCUT2D eigenvalue weighted by Gasteiger charge is 2.38. The summed E-state index contributed by atoms with van der Waals surface area (Å²) in [7, 11) is -1.55. The summed E-state index contributed by atoms with van der Waals surface area (Å²) in [6, 6.07) is -0.249. The van der Waals surface area contributed by atoms with Gasteiger partial charge in [-0.15, -0.1) is 0 Å². The van der Waals surface area contributed by atoms with Crippen LogP contribution < -0.4 is 0 Å². The third-order valence-corrected chi connectivity index (χ3v) is 4.70. The number of piperidine rings is 1. The first-order valence-electron chi connectivity index (χ1n) is 6.46. The number of sulfone groups is 1. The Labute approximate surface area is 119 Å². The van der Waals surface area contributed by atoms with E-state index in [1.807, 2.05) is 0 Å². The summed E-state index contributed by atoms with van der Waals surface area (Å²) in [5.74, 6) is -0.911. The fraction of sp³-hybridized carbons (Fsp3) is 0.833. The molecule has 0 atom stereocenters. The molecule has 20 heavy (non-hydrogen) atoms. The topological polar surface area (TPSA) is 95.0 Å². The predicted molar refractivity (Wildman–Crippen MR) is 74.3 cm³/mol. The van der Waals surface area contributed by atoms with E-state index in [4.69, 9.17) is 5.11 Å². The van der Waals surface area contributed by atoms with E-state index < -0.39 is 21.2 Å². The Morgan fingerprint density at radius 1 is 1.30 bits per heavy atom. The van der Waals surface area contributed by atoms with Crippen LogP contribution in [-0.4, -0.2) is 74.0 Å². The van der Waals surface area contributed by atoms with Gasteiger partial charge in [0.05, 0.1) is 11.2 Å². The van der Waals surface area contributed by atoms with Crippen molar-refractivity contribution in [1.82, 2.24) is 9.80 Å². The van der Waals surface area contributed by atoms with E-state index in [0.717, 1.165) is 6.26 Å². The van der Waals surface area contributed by atoms with Gasteiger partial charge in [0, 0.05) is 32.9 Å². The third kappa shape index (κ3) is 4.36. The van der Waals surface area contributed by atoms with Gasteiger partial charge in [-0.3, -0.25) is 4.79 Å². The first kappa shape index (κ1) is 16.7. The largest absolute Gasteiger partial charge is 0.481 e. The average Bonchev–Trinajstić information content (AvgIpc) is 2.35. The molecule has 0 aromatic rings. The molecule has 2 amide bonds. The Kier molecular flexibility index (Phi) is 5.01. The number of carboxylic acid groups (broad SMARTS) is 1. The van der Waals surface area contributed by atoms with Gasteiger partial charge in [0.2, 0.25) is 0 Å². The second-order valence-electron chi connectivity index (χ2n) is 5.69. The van der Waals surface area contributed by atoms with Gasteiger partial charge < -0.3 is 14.9 Å². The molecule has 1 aliphatic heterocycles. The van der Waals surface area contributed by atoms with Gasteiger partial charge in [-0.2, -0.15) is 0 Å². The van der Waals surface area contributed by atoms with Crippen molar-refractivity contribution in [3.05, 3.63) is 0 Å². The highest BCUT2D eigenvalue weighted by molar-refractivity contribution is 7.90. The first-order chi connectivity index (χ1) is 9.05. The van der Waals surface area contributed by atoms with Crippen LogP contribution in [0.25, 0.3) is 0 Å². The third-order valence-electron chi connectivity index (χ3n) is 3.78. The Bertz CT molecular complexity index is 480. The minimum Gasteiger partial charge on any atom is -0.481 e. The standard InChI is InChI=1S/C12H22N2O5S/c1-12(10(15)16)4-6-14(7-5-12)11(17)13(2)8-9-20(3,18)19/h4-9H2,1-3H3,(H,15,16). The predicted octanol–water partition coefficient (Wildman–Crippen LogP) is 0.270. The average molecular weight is 306 g/mol. The van der Waals surface area contributed by atoms with Crippen molar-refractivity contribution in [3.63, 3.8) is 0 Å². The number of likely N-dealkylation sites (tertiary alicyclic amines) is 1. The van der Waals surface area contributed by atoms with E-state index in [9.17, 15) is 18.0 Å². The van der Waals surface area contributed by atoms with E-state index in [1.54, 1.807) is 18.9 Å². The van der Waals surface area contributed by atoms with Gasteiger partial charge >= 0.3 is 12.0 Å². The minimum atomic E-state index is -3.10. The molecular formula is C12H22N2O5S. The van der Waals surface area contributed by atoms with E-state index in [0.29, 0.717) is 25.9 Å². The molecule has 0 radical (unpaired) electrons. The van der Waals surface area contributed by atoms with Gasteiger partial charge in [0.25, 0.3) is 0 Å². The molecule has 0 unspecified atom stereocenters. The molecule has 0 saturated carbocycles. The highest BCUT2D eigenvalue weighted by atomic mass is 32.2. The summed E-state index contributed by atoms with van der Waals surface area (Å²) in [6.45, 7) is 2.59. The van der Waals surface area contributed by atoms with Crippen molar-refractivity contribution in [3.8, 4) is 0 Å². The van der Waals surface area contributed by atoms with E-state index in [-0.39, 0.29) is 18.3 Å². The molecule has 1 aliphatic rings. The van der Waals surface area contributed by atoms with Gasteiger partial charge in [-0.1, -0.05) is 0 Å². The monoisotopic (exact) mass is 306 g/mol. The number of carboxylic acids is 1. The number of carbonyl (C=O) groups excluding carboxylic acids is 1. The van der Waals surface area contributed by atoms with Gasteiger partial charge in [-0.25, -0.2) is 13.2 Å². The Hall–Kier alpha value is -1.31.